The van der Waals surface area contributed by atoms with Gasteiger partial charge in [0.05, 0.1) is 10.5 Å². The average Bonchev–Trinajstić information content (AvgIpc) is 2.65. The first-order valence-corrected chi connectivity index (χ1v) is 10.0. The summed E-state index contributed by atoms with van der Waals surface area (Å²) in [5.41, 5.74) is 0.456. The zero-order valence-electron chi connectivity index (χ0n) is 14.3. The van der Waals surface area contributed by atoms with Gasteiger partial charge in [-0.25, -0.2) is 0 Å². The van der Waals surface area contributed by atoms with E-state index in [2.05, 4.69) is 15.9 Å². The smallest absolute Gasteiger partial charge is 0.199 e. The first-order valence-electron chi connectivity index (χ1n) is 8.04. The zero-order valence-corrected chi connectivity index (χ0v) is 17.4. The molecule has 0 aliphatic rings. The van der Waals surface area contributed by atoms with Gasteiger partial charge in [0.25, 0.3) is 0 Å². The number of hydrogen-bond donors (Lipinski definition) is 3. The van der Waals surface area contributed by atoms with Crippen LogP contribution in [0.2, 0.25) is 5.02 Å². The Balaban J connectivity index is 2.07. The van der Waals surface area contributed by atoms with E-state index in [4.69, 9.17) is 11.6 Å². The first kappa shape index (κ1) is 20.3. The zero-order chi connectivity index (χ0) is 20.3. The lowest BCUT2D eigenvalue weighted by Gasteiger charge is -2.10. The van der Waals surface area contributed by atoms with Gasteiger partial charge in [-0.15, -0.1) is 0 Å². The van der Waals surface area contributed by atoms with Crippen molar-refractivity contribution in [2.24, 2.45) is 0 Å². The van der Waals surface area contributed by atoms with Crippen molar-refractivity contribution in [2.75, 3.05) is 0 Å². The summed E-state index contributed by atoms with van der Waals surface area (Å²) in [7, 11) is 0. The third-order valence-corrected chi connectivity index (χ3v) is 5.58. The lowest BCUT2D eigenvalue weighted by molar-refractivity contribution is 0.104. The number of phenolic OH excluding ortho intramolecular Hbond substituents is 3. The summed E-state index contributed by atoms with van der Waals surface area (Å²) in [6.07, 6.45) is 1.40. The maximum atomic E-state index is 13.1. The number of benzene rings is 3. The van der Waals surface area contributed by atoms with Gasteiger partial charge in [0, 0.05) is 32.1 Å². The van der Waals surface area contributed by atoms with Crippen molar-refractivity contribution >= 4 is 51.2 Å². The fourth-order valence-electron chi connectivity index (χ4n) is 2.40. The van der Waals surface area contributed by atoms with Crippen molar-refractivity contribution < 1.29 is 20.1 Å². The van der Waals surface area contributed by atoms with E-state index in [0.717, 1.165) is 21.5 Å². The Labute approximate surface area is 179 Å². The molecule has 0 saturated carbocycles. The highest BCUT2D eigenvalue weighted by molar-refractivity contribution is 9.10. The molecule has 28 heavy (non-hydrogen) atoms. The molecule has 0 bridgehead atoms. The van der Waals surface area contributed by atoms with Crippen LogP contribution in [0.5, 0.6) is 17.2 Å². The molecule has 3 aromatic carbocycles. The molecule has 0 atom stereocenters. The van der Waals surface area contributed by atoms with Gasteiger partial charge in [0.1, 0.15) is 17.2 Å². The van der Waals surface area contributed by atoms with Gasteiger partial charge in [-0.05, 0) is 54.6 Å². The Morgan fingerprint density at radius 3 is 2.07 bits per heavy atom. The van der Waals surface area contributed by atoms with Crippen molar-refractivity contribution in [3.8, 4) is 17.2 Å². The number of thioether (sulfide) groups is 1. The van der Waals surface area contributed by atoms with Crippen LogP contribution in [0.1, 0.15) is 15.9 Å². The molecule has 4 nitrogen and oxygen atoms in total. The molecule has 0 aliphatic carbocycles. The minimum absolute atomic E-state index is 0.0414. The van der Waals surface area contributed by atoms with Gasteiger partial charge in [-0.2, -0.15) is 0 Å². The van der Waals surface area contributed by atoms with Crippen LogP contribution in [0.4, 0.5) is 0 Å². The van der Waals surface area contributed by atoms with Crippen LogP contribution >= 0.6 is 39.3 Å². The molecule has 3 N–H and O–H groups in total. The Morgan fingerprint density at radius 2 is 1.50 bits per heavy atom. The van der Waals surface area contributed by atoms with E-state index in [1.54, 1.807) is 24.3 Å². The second kappa shape index (κ2) is 8.73. The third kappa shape index (κ3) is 4.90. The van der Waals surface area contributed by atoms with Gasteiger partial charge < -0.3 is 15.3 Å². The Bertz CT molecular complexity index is 1020. The second-order valence-corrected chi connectivity index (χ2v) is 8.27. The summed E-state index contributed by atoms with van der Waals surface area (Å²) in [6.45, 7) is 0. The topological polar surface area (TPSA) is 77.8 Å². The fraction of sp³-hybridized carbons (Fsp3) is 0. The van der Waals surface area contributed by atoms with E-state index in [1.165, 1.54) is 17.8 Å². The number of phenols is 3. The summed E-state index contributed by atoms with van der Waals surface area (Å²) in [4.78, 5) is 14.1. The molecule has 0 heterocycles. The monoisotopic (exact) mass is 476 g/mol. The number of carbonyl (C=O) groups excluding carboxylic acids is 1. The van der Waals surface area contributed by atoms with E-state index >= 15 is 0 Å². The highest BCUT2D eigenvalue weighted by Gasteiger charge is 2.17. The van der Waals surface area contributed by atoms with Crippen LogP contribution in [0.15, 0.2) is 74.9 Å². The minimum Gasteiger partial charge on any atom is -0.508 e. The normalized spacial score (nSPS) is 11.4. The summed E-state index contributed by atoms with van der Waals surface area (Å²) in [6, 6.07) is 16.0. The predicted octanol–water partition coefficient (Wildman–Crippen LogP) is 6.24. The van der Waals surface area contributed by atoms with Crippen molar-refractivity contribution in [1.29, 1.82) is 0 Å². The fourth-order valence-corrected chi connectivity index (χ4v) is 3.71. The van der Waals surface area contributed by atoms with Crippen LogP contribution < -0.4 is 0 Å². The quantitative estimate of drug-likeness (QED) is 0.230. The lowest BCUT2D eigenvalue weighted by Crippen LogP contribution is -2.01. The molecule has 142 valence electrons. The highest BCUT2D eigenvalue weighted by Crippen LogP contribution is 2.38. The maximum absolute atomic E-state index is 13.1. The van der Waals surface area contributed by atoms with Crippen LogP contribution in [0.25, 0.3) is 6.08 Å². The van der Waals surface area contributed by atoms with Crippen LogP contribution in [0, 0.1) is 0 Å². The number of ketones is 1. The lowest BCUT2D eigenvalue weighted by atomic mass is 10.1. The van der Waals surface area contributed by atoms with Crippen molar-refractivity contribution in [2.45, 2.75) is 4.90 Å². The number of Topliss-reactive ketones (excluding diaryl/α,β-unsaturated/α-hetero) is 1. The molecule has 3 rings (SSSR count). The van der Waals surface area contributed by atoms with E-state index in [-0.39, 0.29) is 33.5 Å². The minimum atomic E-state index is -0.338. The standard InChI is InChI=1S/C21H14BrClO4S/c22-13-3-7-16(8-4-13)28-20(21(27)12-1-5-14(23)6-2-12)11-17-18(25)9-15(24)10-19(17)26/h1-11,24-26H/b20-11+. The van der Waals surface area contributed by atoms with Gasteiger partial charge in [0.2, 0.25) is 0 Å². The van der Waals surface area contributed by atoms with Crippen molar-refractivity contribution in [1.82, 2.24) is 0 Å². The molecule has 0 saturated heterocycles. The van der Waals surface area contributed by atoms with Gasteiger partial charge >= 0.3 is 0 Å². The number of rotatable bonds is 5. The number of allylic oxidation sites excluding steroid dienone is 1. The van der Waals surface area contributed by atoms with E-state index in [1.807, 2.05) is 24.3 Å². The predicted molar refractivity (Wildman–Crippen MR) is 115 cm³/mol. The van der Waals surface area contributed by atoms with Crippen LogP contribution in [0.3, 0.4) is 0 Å². The number of aromatic hydroxyl groups is 3. The third-order valence-electron chi connectivity index (χ3n) is 3.77. The van der Waals surface area contributed by atoms with Crippen LogP contribution in [-0.4, -0.2) is 21.1 Å². The SMILES string of the molecule is O=C(/C(=C\c1c(O)cc(O)cc1O)Sc1ccc(Br)cc1)c1ccc(Cl)cc1. The van der Waals surface area contributed by atoms with Crippen molar-refractivity contribution in [3.63, 3.8) is 0 Å². The molecular weight excluding hydrogens is 464 g/mol. The molecule has 0 fully saturated rings. The molecule has 0 aromatic heterocycles. The maximum Gasteiger partial charge on any atom is 0.199 e. The molecule has 0 aliphatic heterocycles. The van der Waals surface area contributed by atoms with E-state index in [9.17, 15) is 20.1 Å². The molecule has 0 spiro atoms. The second-order valence-electron chi connectivity index (χ2n) is 5.80. The number of halogens is 2. The largest absolute Gasteiger partial charge is 0.508 e. The van der Waals surface area contributed by atoms with Gasteiger partial charge in [-0.3, -0.25) is 4.79 Å². The molecule has 0 radical (unpaired) electrons. The Morgan fingerprint density at radius 1 is 0.929 bits per heavy atom. The Hall–Kier alpha value is -2.41. The van der Waals surface area contributed by atoms with Crippen LogP contribution in [-0.2, 0) is 0 Å². The average molecular weight is 478 g/mol. The van der Waals surface area contributed by atoms with Gasteiger partial charge in [-0.1, -0.05) is 39.3 Å². The summed E-state index contributed by atoms with van der Waals surface area (Å²) in [5.74, 6) is -1.25. The molecule has 7 heteroatoms. The summed E-state index contributed by atoms with van der Waals surface area (Å²) in [5, 5.41) is 30.2. The first-order chi connectivity index (χ1) is 13.3. The molecular formula is C21H14BrClO4S. The van der Waals surface area contributed by atoms with Crippen molar-refractivity contribution in [3.05, 3.63) is 86.2 Å². The molecule has 0 unspecified atom stereocenters. The molecule has 0 amide bonds. The van der Waals surface area contributed by atoms with Gasteiger partial charge in [0.15, 0.2) is 5.78 Å². The highest BCUT2D eigenvalue weighted by atomic mass is 79.9. The summed E-state index contributed by atoms with van der Waals surface area (Å²) < 4.78 is 0.903. The molecule has 3 aromatic rings. The number of carbonyl (C=O) groups is 1. The summed E-state index contributed by atoms with van der Waals surface area (Å²) >= 11 is 10.5. The Kier molecular flexibility index (Phi) is 6.34. The number of hydrogen-bond acceptors (Lipinski definition) is 5. The van der Waals surface area contributed by atoms with E-state index < -0.39 is 0 Å². The van der Waals surface area contributed by atoms with E-state index in [0.29, 0.717) is 10.6 Å².